The van der Waals surface area contributed by atoms with Gasteiger partial charge in [0.15, 0.2) is 0 Å². The molecular weight excluding hydrogens is 276 g/mol. The third kappa shape index (κ3) is 3.37. The van der Waals surface area contributed by atoms with Crippen molar-refractivity contribution in [3.63, 3.8) is 0 Å². The van der Waals surface area contributed by atoms with Crippen LogP contribution in [0.2, 0.25) is 0 Å². The molecule has 1 aliphatic heterocycles. The van der Waals surface area contributed by atoms with Crippen molar-refractivity contribution in [1.29, 1.82) is 0 Å². The topological polar surface area (TPSA) is 66.5 Å². The Labute approximate surface area is 120 Å². The van der Waals surface area contributed by atoms with E-state index in [2.05, 4.69) is 4.72 Å². The molecule has 6 heteroatoms. The third-order valence-corrected chi connectivity index (χ3v) is 5.05. The number of carbonyl (C=O) groups excluding carboxylic acids is 1. The first-order valence-electron chi connectivity index (χ1n) is 6.75. The summed E-state index contributed by atoms with van der Waals surface area (Å²) in [7, 11) is -3.63. The van der Waals surface area contributed by atoms with Crippen LogP contribution in [0.3, 0.4) is 0 Å². The molecule has 1 heterocycles. The summed E-state index contributed by atoms with van der Waals surface area (Å²) < 4.78 is 26.8. The Kier molecular flexibility index (Phi) is 4.45. The van der Waals surface area contributed by atoms with Crippen LogP contribution in [0.5, 0.6) is 0 Å². The Balaban J connectivity index is 2.05. The molecule has 1 aromatic carbocycles. The highest BCUT2D eigenvalue weighted by Crippen LogP contribution is 2.16. The molecule has 1 aliphatic rings. The minimum atomic E-state index is -3.63. The molecule has 5 nitrogen and oxygen atoms in total. The number of amides is 1. The minimum Gasteiger partial charge on any atom is -0.342 e. The molecule has 0 bridgehead atoms. The third-order valence-electron chi connectivity index (χ3n) is 3.49. The molecule has 0 spiro atoms. The van der Waals surface area contributed by atoms with Crippen LogP contribution in [0.15, 0.2) is 23.1 Å². The first kappa shape index (κ1) is 15.0. The molecule has 110 valence electrons. The molecule has 1 amide bonds. The van der Waals surface area contributed by atoms with Crippen molar-refractivity contribution in [2.24, 2.45) is 0 Å². The SMILES string of the molecule is Cc1ccc(S(=O)(=O)NCC(=O)N2CCCC2)c(C)c1. The van der Waals surface area contributed by atoms with E-state index in [1.165, 1.54) is 0 Å². The van der Waals surface area contributed by atoms with Gasteiger partial charge in [-0.05, 0) is 38.3 Å². The summed E-state index contributed by atoms with van der Waals surface area (Å²) in [5.74, 6) is -0.157. The van der Waals surface area contributed by atoms with Gasteiger partial charge in [-0.3, -0.25) is 4.79 Å². The second-order valence-electron chi connectivity index (χ2n) is 5.18. The van der Waals surface area contributed by atoms with Crippen LogP contribution in [-0.2, 0) is 14.8 Å². The van der Waals surface area contributed by atoms with E-state index < -0.39 is 10.0 Å². The summed E-state index contributed by atoms with van der Waals surface area (Å²) in [5.41, 5.74) is 1.70. The zero-order valence-electron chi connectivity index (χ0n) is 11.8. The Bertz CT molecular complexity index is 605. The highest BCUT2D eigenvalue weighted by molar-refractivity contribution is 7.89. The van der Waals surface area contributed by atoms with E-state index in [9.17, 15) is 13.2 Å². The minimum absolute atomic E-state index is 0.157. The van der Waals surface area contributed by atoms with Crippen molar-refractivity contribution in [3.05, 3.63) is 29.3 Å². The van der Waals surface area contributed by atoms with Crippen LogP contribution in [0, 0.1) is 13.8 Å². The van der Waals surface area contributed by atoms with E-state index in [4.69, 9.17) is 0 Å². The first-order valence-corrected chi connectivity index (χ1v) is 8.23. The molecule has 1 fully saturated rings. The Morgan fingerprint density at radius 1 is 1.25 bits per heavy atom. The van der Waals surface area contributed by atoms with Crippen LogP contribution >= 0.6 is 0 Å². The van der Waals surface area contributed by atoms with Gasteiger partial charge < -0.3 is 4.90 Å². The van der Waals surface area contributed by atoms with Crippen molar-refractivity contribution in [2.45, 2.75) is 31.6 Å². The summed E-state index contributed by atoms with van der Waals surface area (Å²) in [4.78, 5) is 13.8. The standard InChI is InChI=1S/C14H20N2O3S/c1-11-5-6-13(12(2)9-11)20(18,19)15-10-14(17)16-7-3-4-8-16/h5-6,9,15H,3-4,7-8,10H2,1-2H3. The molecule has 0 atom stereocenters. The summed E-state index contributed by atoms with van der Waals surface area (Å²) >= 11 is 0. The van der Waals surface area contributed by atoms with Gasteiger partial charge >= 0.3 is 0 Å². The molecule has 1 aromatic rings. The van der Waals surface area contributed by atoms with Gasteiger partial charge in [0.2, 0.25) is 15.9 Å². The fraction of sp³-hybridized carbons (Fsp3) is 0.500. The highest BCUT2D eigenvalue weighted by Gasteiger charge is 2.22. The van der Waals surface area contributed by atoms with Crippen LogP contribution < -0.4 is 4.72 Å². The van der Waals surface area contributed by atoms with E-state index in [0.717, 1.165) is 31.5 Å². The van der Waals surface area contributed by atoms with Crippen LogP contribution in [0.4, 0.5) is 0 Å². The van der Waals surface area contributed by atoms with E-state index in [1.54, 1.807) is 24.0 Å². The fourth-order valence-corrected chi connectivity index (χ4v) is 3.61. The van der Waals surface area contributed by atoms with Gasteiger partial charge in [0.05, 0.1) is 11.4 Å². The van der Waals surface area contributed by atoms with Crippen LogP contribution in [-0.4, -0.2) is 38.9 Å². The molecule has 0 aromatic heterocycles. The van der Waals surface area contributed by atoms with Gasteiger partial charge in [-0.2, -0.15) is 0 Å². The van der Waals surface area contributed by atoms with Crippen molar-refractivity contribution in [2.75, 3.05) is 19.6 Å². The van der Waals surface area contributed by atoms with Crippen LogP contribution in [0.25, 0.3) is 0 Å². The molecule has 0 aliphatic carbocycles. The average molecular weight is 296 g/mol. The van der Waals surface area contributed by atoms with Gasteiger partial charge in [0.1, 0.15) is 0 Å². The molecule has 1 saturated heterocycles. The lowest BCUT2D eigenvalue weighted by Gasteiger charge is -2.16. The van der Waals surface area contributed by atoms with Crippen molar-refractivity contribution >= 4 is 15.9 Å². The highest BCUT2D eigenvalue weighted by atomic mass is 32.2. The Morgan fingerprint density at radius 3 is 2.50 bits per heavy atom. The number of carbonyl (C=O) groups is 1. The van der Waals surface area contributed by atoms with Gasteiger partial charge in [-0.1, -0.05) is 17.7 Å². The zero-order chi connectivity index (χ0) is 14.8. The Hall–Kier alpha value is -1.40. The smallest absolute Gasteiger partial charge is 0.241 e. The maximum Gasteiger partial charge on any atom is 0.241 e. The number of likely N-dealkylation sites (tertiary alicyclic amines) is 1. The summed E-state index contributed by atoms with van der Waals surface area (Å²) in [6, 6.07) is 5.15. The predicted molar refractivity (Wildman–Crippen MR) is 76.9 cm³/mol. The summed E-state index contributed by atoms with van der Waals surface area (Å²) in [6.45, 7) is 4.95. The zero-order valence-corrected chi connectivity index (χ0v) is 12.7. The van der Waals surface area contributed by atoms with E-state index in [1.807, 2.05) is 13.0 Å². The number of hydrogen-bond donors (Lipinski definition) is 1. The summed E-state index contributed by atoms with van der Waals surface area (Å²) in [6.07, 6.45) is 1.99. The predicted octanol–water partition coefficient (Wildman–Crippen LogP) is 1.20. The number of rotatable bonds is 4. The fourth-order valence-electron chi connectivity index (χ4n) is 2.41. The number of benzene rings is 1. The number of hydrogen-bond acceptors (Lipinski definition) is 3. The Morgan fingerprint density at radius 2 is 1.90 bits per heavy atom. The second kappa shape index (κ2) is 5.93. The lowest BCUT2D eigenvalue weighted by Crippen LogP contribution is -2.38. The monoisotopic (exact) mass is 296 g/mol. The molecule has 20 heavy (non-hydrogen) atoms. The second-order valence-corrected chi connectivity index (χ2v) is 6.92. The maximum atomic E-state index is 12.2. The normalized spacial score (nSPS) is 15.6. The van der Waals surface area contributed by atoms with E-state index in [-0.39, 0.29) is 17.3 Å². The molecular formula is C14H20N2O3S. The summed E-state index contributed by atoms with van der Waals surface area (Å²) in [5, 5.41) is 0. The number of aryl methyl sites for hydroxylation is 2. The van der Waals surface area contributed by atoms with Crippen molar-refractivity contribution < 1.29 is 13.2 Å². The molecule has 0 saturated carbocycles. The van der Waals surface area contributed by atoms with Gasteiger partial charge in [-0.25, -0.2) is 13.1 Å². The van der Waals surface area contributed by atoms with Gasteiger partial charge in [-0.15, -0.1) is 0 Å². The maximum absolute atomic E-state index is 12.2. The van der Waals surface area contributed by atoms with Crippen molar-refractivity contribution in [3.8, 4) is 0 Å². The largest absolute Gasteiger partial charge is 0.342 e. The number of nitrogens with zero attached hydrogens (tertiary/aromatic N) is 1. The van der Waals surface area contributed by atoms with Gasteiger partial charge in [0, 0.05) is 13.1 Å². The first-order chi connectivity index (χ1) is 9.40. The number of sulfonamides is 1. The molecule has 2 rings (SSSR count). The molecule has 1 N–H and O–H groups in total. The van der Waals surface area contributed by atoms with Gasteiger partial charge in [0.25, 0.3) is 0 Å². The molecule has 0 radical (unpaired) electrons. The lowest BCUT2D eigenvalue weighted by molar-refractivity contribution is -0.128. The van der Waals surface area contributed by atoms with E-state index in [0.29, 0.717) is 5.56 Å². The average Bonchev–Trinajstić information content (AvgIpc) is 2.89. The lowest BCUT2D eigenvalue weighted by atomic mass is 10.2. The number of nitrogens with one attached hydrogen (secondary N) is 1. The van der Waals surface area contributed by atoms with Crippen LogP contribution in [0.1, 0.15) is 24.0 Å². The van der Waals surface area contributed by atoms with E-state index >= 15 is 0 Å². The molecule has 0 unspecified atom stereocenters. The van der Waals surface area contributed by atoms with Crippen molar-refractivity contribution in [1.82, 2.24) is 9.62 Å². The quantitative estimate of drug-likeness (QED) is 0.908.